The van der Waals surface area contributed by atoms with Crippen LogP contribution in [-0.4, -0.2) is 39.5 Å². The van der Waals surface area contributed by atoms with Crippen LogP contribution >= 0.6 is 11.3 Å². The molecular formula is C13H20N2O3S. The molecule has 1 rings (SSSR count). The first-order valence-corrected chi connectivity index (χ1v) is 7.39. The second-order valence-electron chi connectivity index (χ2n) is 4.45. The molecule has 0 aliphatic rings. The maximum atomic E-state index is 12.4. The van der Waals surface area contributed by atoms with Crippen LogP contribution in [0.3, 0.4) is 0 Å². The molecule has 0 saturated heterocycles. The van der Waals surface area contributed by atoms with Crippen molar-refractivity contribution in [2.45, 2.75) is 46.1 Å². The Morgan fingerprint density at radius 3 is 2.63 bits per heavy atom. The Hall–Kier alpha value is -1.43. The van der Waals surface area contributed by atoms with Crippen LogP contribution in [0.4, 0.5) is 0 Å². The molecule has 6 heteroatoms. The molecule has 0 aliphatic heterocycles. The smallest absolute Gasteiger partial charge is 0.355 e. The van der Waals surface area contributed by atoms with E-state index in [1.165, 1.54) is 5.38 Å². The molecule has 1 unspecified atom stereocenters. The quantitative estimate of drug-likeness (QED) is 0.835. The highest BCUT2D eigenvalue weighted by Crippen LogP contribution is 2.16. The van der Waals surface area contributed by atoms with Crippen molar-refractivity contribution in [3.8, 4) is 0 Å². The maximum absolute atomic E-state index is 12.4. The maximum Gasteiger partial charge on any atom is 0.355 e. The molecule has 19 heavy (non-hydrogen) atoms. The van der Waals surface area contributed by atoms with Gasteiger partial charge in [0.15, 0.2) is 10.7 Å². The summed E-state index contributed by atoms with van der Waals surface area (Å²) in [5, 5.41) is 10.5. The van der Waals surface area contributed by atoms with Gasteiger partial charge in [-0.1, -0.05) is 20.3 Å². The number of carbonyl (C=O) groups is 2. The first-order valence-electron chi connectivity index (χ1n) is 6.51. The van der Waals surface area contributed by atoms with Crippen molar-refractivity contribution in [3.63, 3.8) is 0 Å². The monoisotopic (exact) mass is 284 g/mol. The number of thiazole rings is 1. The molecule has 0 spiro atoms. The van der Waals surface area contributed by atoms with Gasteiger partial charge < -0.3 is 10.0 Å². The number of aromatic nitrogens is 1. The molecule has 1 amide bonds. The summed E-state index contributed by atoms with van der Waals surface area (Å²) in [6.07, 6.45) is 2.82. The largest absolute Gasteiger partial charge is 0.476 e. The van der Waals surface area contributed by atoms with Crippen LogP contribution < -0.4 is 0 Å². The number of carboxylic acid groups (broad SMARTS) is 1. The fourth-order valence-electron chi connectivity index (χ4n) is 1.66. The van der Waals surface area contributed by atoms with Gasteiger partial charge >= 0.3 is 5.97 Å². The van der Waals surface area contributed by atoms with Crippen LogP contribution in [0.25, 0.3) is 0 Å². The van der Waals surface area contributed by atoms with E-state index in [0.29, 0.717) is 6.54 Å². The Labute approximate surface area is 117 Å². The standard InChI is InChI=1S/C13H20N2O3S/c1-4-6-7-15(9(3)5-2)12(16)11-14-10(8-19-11)13(17)18/h8-9H,4-7H2,1-3H3,(H,17,18). The van der Waals surface area contributed by atoms with E-state index in [1.54, 1.807) is 4.90 Å². The highest BCUT2D eigenvalue weighted by molar-refractivity contribution is 7.11. The second-order valence-corrected chi connectivity index (χ2v) is 5.31. The average Bonchev–Trinajstić information content (AvgIpc) is 2.88. The number of rotatable bonds is 7. The number of amides is 1. The number of carboxylic acids is 1. The predicted molar refractivity (Wildman–Crippen MR) is 74.8 cm³/mol. The van der Waals surface area contributed by atoms with Crippen molar-refractivity contribution in [2.24, 2.45) is 0 Å². The molecular weight excluding hydrogens is 264 g/mol. The van der Waals surface area contributed by atoms with E-state index in [4.69, 9.17) is 5.11 Å². The molecule has 1 N–H and O–H groups in total. The Morgan fingerprint density at radius 2 is 2.16 bits per heavy atom. The Balaban J connectivity index is 2.87. The molecule has 0 bridgehead atoms. The van der Waals surface area contributed by atoms with Gasteiger partial charge in [-0.2, -0.15) is 0 Å². The zero-order chi connectivity index (χ0) is 14.4. The van der Waals surface area contributed by atoms with Crippen LogP contribution in [0.15, 0.2) is 5.38 Å². The van der Waals surface area contributed by atoms with Crippen molar-refractivity contribution in [1.82, 2.24) is 9.88 Å². The summed E-state index contributed by atoms with van der Waals surface area (Å²) >= 11 is 1.09. The van der Waals surface area contributed by atoms with Gasteiger partial charge in [0.05, 0.1) is 0 Å². The van der Waals surface area contributed by atoms with Crippen LogP contribution in [-0.2, 0) is 0 Å². The van der Waals surface area contributed by atoms with Crippen LogP contribution in [0.5, 0.6) is 0 Å². The summed E-state index contributed by atoms with van der Waals surface area (Å²) in [5.74, 6) is -1.26. The average molecular weight is 284 g/mol. The van der Waals surface area contributed by atoms with Gasteiger partial charge in [0.1, 0.15) is 0 Å². The summed E-state index contributed by atoms with van der Waals surface area (Å²) in [4.78, 5) is 28.8. The predicted octanol–water partition coefficient (Wildman–Crippen LogP) is 2.88. The second kappa shape index (κ2) is 7.23. The summed E-state index contributed by atoms with van der Waals surface area (Å²) in [6, 6.07) is 0.135. The van der Waals surface area contributed by atoms with Crippen molar-refractivity contribution in [1.29, 1.82) is 0 Å². The Bertz CT molecular complexity index is 445. The van der Waals surface area contributed by atoms with E-state index < -0.39 is 5.97 Å². The lowest BCUT2D eigenvalue weighted by Gasteiger charge is -2.27. The first-order chi connectivity index (χ1) is 9.01. The van der Waals surface area contributed by atoms with E-state index >= 15 is 0 Å². The number of aromatic carboxylic acids is 1. The molecule has 0 radical (unpaired) electrons. The third-order valence-corrected chi connectivity index (χ3v) is 3.87. The van der Waals surface area contributed by atoms with Gasteiger partial charge in [0.2, 0.25) is 0 Å². The molecule has 1 aromatic heterocycles. The number of carbonyl (C=O) groups excluding carboxylic acids is 1. The van der Waals surface area contributed by atoms with Crippen molar-refractivity contribution in [3.05, 3.63) is 16.1 Å². The fourth-order valence-corrected chi connectivity index (χ4v) is 2.41. The molecule has 0 fully saturated rings. The molecule has 106 valence electrons. The highest BCUT2D eigenvalue weighted by Gasteiger charge is 2.23. The van der Waals surface area contributed by atoms with Gasteiger partial charge in [-0.3, -0.25) is 4.79 Å². The lowest BCUT2D eigenvalue weighted by molar-refractivity contribution is 0.0683. The molecule has 1 aromatic rings. The third kappa shape index (κ3) is 4.02. The third-order valence-electron chi connectivity index (χ3n) is 3.04. The van der Waals surface area contributed by atoms with Crippen LogP contribution in [0.1, 0.15) is 60.3 Å². The van der Waals surface area contributed by atoms with Gasteiger partial charge in [0.25, 0.3) is 5.91 Å². The number of unbranched alkanes of at least 4 members (excludes halogenated alkanes) is 1. The normalized spacial score (nSPS) is 12.2. The Kier molecular flexibility index (Phi) is 5.95. The summed E-state index contributed by atoms with van der Waals surface area (Å²) in [7, 11) is 0. The van der Waals surface area contributed by atoms with E-state index in [-0.39, 0.29) is 22.7 Å². The van der Waals surface area contributed by atoms with Crippen molar-refractivity contribution >= 4 is 23.2 Å². The number of nitrogens with zero attached hydrogens (tertiary/aromatic N) is 2. The van der Waals surface area contributed by atoms with Crippen molar-refractivity contribution in [2.75, 3.05) is 6.54 Å². The molecule has 0 saturated carbocycles. The minimum absolute atomic E-state index is 0.0621. The molecule has 1 atom stereocenters. The molecule has 0 aromatic carbocycles. The lowest BCUT2D eigenvalue weighted by Crippen LogP contribution is -2.39. The zero-order valence-electron chi connectivity index (χ0n) is 11.5. The zero-order valence-corrected chi connectivity index (χ0v) is 12.4. The van der Waals surface area contributed by atoms with Gasteiger partial charge in [-0.05, 0) is 19.8 Å². The molecule has 5 nitrogen and oxygen atoms in total. The van der Waals surface area contributed by atoms with Gasteiger partial charge in [-0.25, -0.2) is 9.78 Å². The van der Waals surface area contributed by atoms with Gasteiger partial charge in [0, 0.05) is 18.0 Å². The Morgan fingerprint density at radius 1 is 1.47 bits per heavy atom. The summed E-state index contributed by atoms with van der Waals surface area (Å²) < 4.78 is 0. The number of hydrogen-bond donors (Lipinski definition) is 1. The van der Waals surface area contributed by atoms with E-state index in [1.807, 2.05) is 13.8 Å². The molecule has 1 heterocycles. The first kappa shape index (κ1) is 15.6. The van der Waals surface area contributed by atoms with E-state index in [2.05, 4.69) is 11.9 Å². The van der Waals surface area contributed by atoms with E-state index in [9.17, 15) is 9.59 Å². The SMILES string of the molecule is CCCCN(C(=O)c1nc(C(=O)O)cs1)C(C)CC. The van der Waals surface area contributed by atoms with E-state index in [0.717, 1.165) is 30.6 Å². The van der Waals surface area contributed by atoms with Crippen LogP contribution in [0.2, 0.25) is 0 Å². The van der Waals surface area contributed by atoms with Crippen LogP contribution in [0, 0.1) is 0 Å². The van der Waals surface area contributed by atoms with Gasteiger partial charge in [-0.15, -0.1) is 11.3 Å². The summed E-state index contributed by atoms with van der Waals surface area (Å²) in [5.41, 5.74) is -0.0621. The summed E-state index contributed by atoms with van der Waals surface area (Å²) in [6.45, 7) is 6.79. The fraction of sp³-hybridized carbons (Fsp3) is 0.615. The minimum atomic E-state index is -1.10. The lowest BCUT2D eigenvalue weighted by atomic mass is 10.2. The molecule has 0 aliphatic carbocycles. The minimum Gasteiger partial charge on any atom is -0.476 e. The highest BCUT2D eigenvalue weighted by atomic mass is 32.1. The number of hydrogen-bond acceptors (Lipinski definition) is 4. The van der Waals surface area contributed by atoms with Crippen molar-refractivity contribution < 1.29 is 14.7 Å². The topological polar surface area (TPSA) is 70.5 Å².